The molecule has 1 aromatic rings. The van der Waals surface area contributed by atoms with E-state index in [0.29, 0.717) is 11.8 Å². The van der Waals surface area contributed by atoms with Crippen molar-refractivity contribution in [2.45, 2.75) is 59.3 Å². The van der Waals surface area contributed by atoms with E-state index in [4.69, 9.17) is 16.2 Å². The number of rotatable bonds is 5. The Bertz CT molecular complexity index is 586. The lowest BCUT2D eigenvalue weighted by Crippen LogP contribution is -2.18. The van der Waals surface area contributed by atoms with Crippen LogP contribution in [0.5, 0.6) is 5.75 Å². The second kappa shape index (κ2) is 7.37. The molecule has 0 unspecified atom stereocenters. The molecule has 1 aromatic carbocycles. The number of allylic oxidation sites excluding steroid dienone is 3. The van der Waals surface area contributed by atoms with Crippen molar-refractivity contribution in [1.82, 2.24) is 0 Å². The van der Waals surface area contributed by atoms with Crippen molar-refractivity contribution in [1.29, 1.82) is 0 Å². The van der Waals surface area contributed by atoms with Gasteiger partial charge in [-0.25, -0.2) is 0 Å². The van der Waals surface area contributed by atoms with Crippen LogP contribution in [-0.4, -0.2) is 0 Å². The fourth-order valence-electron chi connectivity index (χ4n) is 3.67. The molecule has 1 aliphatic rings. The van der Waals surface area contributed by atoms with E-state index >= 15 is 0 Å². The van der Waals surface area contributed by atoms with Gasteiger partial charge in [0.25, 0.3) is 0 Å². The van der Waals surface area contributed by atoms with Crippen molar-refractivity contribution < 1.29 is 4.29 Å². The number of hydrogen-bond donors (Lipinski definition) is 0. The molecule has 0 saturated heterocycles. The van der Waals surface area contributed by atoms with Gasteiger partial charge in [-0.2, -0.15) is 0 Å². The monoisotopic (exact) mass is 318 g/mol. The first kappa shape index (κ1) is 17.1. The van der Waals surface area contributed by atoms with Gasteiger partial charge in [0.2, 0.25) is 0 Å². The van der Waals surface area contributed by atoms with Gasteiger partial charge in [0.15, 0.2) is 5.75 Å². The zero-order valence-electron chi connectivity index (χ0n) is 14.2. The number of benzene rings is 1. The van der Waals surface area contributed by atoms with E-state index in [9.17, 15) is 0 Å². The number of aryl methyl sites for hydroxylation is 2. The average Bonchev–Trinajstić information content (AvgIpc) is 2.46. The van der Waals surface area contributed by atoms with E-state index in [1.165, 1.54) is 27.8 Å². The summed E-state index contributed by atoms with van der Waals surface area (Å²) in [6.45, 7) is 12.9. The van der Waals surface area contributed by atoms with Crippen molar-refractivity contribution in [2.75, 3.05) is 0 Å². The second-order valence-corrected chi connectivity index (χ2v) is 6.84. The molecule has 0 radical (unpaired) electrons. The molecular formula is C20H27ClO. The Balaban J connectivity index is 2.53. The Kier molecular flexibility index (Phi) is 5.74. The third-order valence-corrected chi connectivity index (χ3v) is 4.91. The Labute approximate surface area is 140 Å². The fraction of sp³-hybridized carbons (Fsp3) is 0.500. The smallest absolute Gasteiger partial charge is 0.150 e. The minimum Gasteiger partial charge on any atom is -0.385 e. The van der Waals surface area contributed by atoms with Gasteiger partial charge >= 0.3 is 0 Å². The van der Waals surface area contributed by atoms with Gasteiger partial charge in [-0.1, -0.05) is 43.2 Å². The van der Waals surface area contributed by atoms with Gasteiger partial charge in [0.05, 0.1) is 0 Å². The third kappa shape index (κ3) is 3.57. The van der Waals surface area contributed by atoms with Crippen LogP contribution in [-0.2, 0) is 6.42 Å². The predicted molar refractivity (Wildman–Crippen MR) is 95.7 cm³/mol. The zero-order valence-corrected chi connectivity index (χ0v) is 15.0. The molecule has 0 heterocycles. The Morgan fingerprint density at radius 2 is 2.09 bits per heavy atom. The highest BCUT2D eigenvalue weighted by Gasteiger charge is 2.29. The molecule has 0 aliphatic heterocycles. The van der Waals surface area contributed by atoms with Crippen LogP contribution in [0.2, 0.25) is 0 Å². The summed E-state index contributed by atoms with van der Waals surface area (Å²) in [5.74, 6) is 1.59. The highest BCUT2D eigenvalue weighted by atomic mass is 35.5. The molecule has 1 nitrogen and oxygen atoms in total. The standard InChI is InChI=1S/C20H27ClO/c1-6-7-16-11-15(5)20(19(12-16)22-21)18-10-14(4)8-9-17(18)13(2)3/h10-12,17-18H,2,6-9H2,1,3-5H3/t17-,18+/m0/s1. The van der Waals surface area contributed by atoms with Gasteiger partial charge < -0.3 is 4.29 Å². The largest absolute Gasteiger partial charge is 0.385 e. The lowest BCUT2D eigenvalue weighted by molar-refractivity contribution is 0.470. The Morgan fingerprint density at radius 1 is 1.36 bits per heavy atom. The molecular weight excluding hydrogens is 292 g/mol. The highest BCUT2D eigenvalue weighted by molar-refractivity contribution is 6.09. The van der Waals surface area contributed by atoms with Crippen LogP contribution in [0.3, 0.4) is 0 Å². The molecule has 2 heteroatoms. The van der Waals surface area contributed by atoms with E-state index in [0.717, 1.165) is 31.4 Å². The molecule has 0 saturated carbocycles. The summed E-state index contributed by atoms with van der Waals surface area (Å²) in [6, 6.07) is 4.39. The maximum atomic E-state index is 5.82. The van der Waals surface area contributed by atoms with Gasteiger partial charge in [-0.15, -0.1) is 0 Å². The molecule has 2 rings (SSSR count). The first-order chi connectivity index (χ1) is 10.5. The molecule has 0 bridgehead atoms. The molecule has 22 heavy (non-hydrogen) atoms. The van der Waals surface area contributed by atoms with Crippen molar-refractivity contribution in [2.24, 2.45) is 5.92 Å². The molecule has 0 N–H and O–H groups in total. The summed E-state index contributed by atoms with van der Waals surface area (Å²) in [5, 5.41) is 0. The van der Waals surface area contributed by atoms with E-state index < -0.39 is 0 Å². The van der Waals surface area contributed by atoms with Crippen molar-refractivity contribution in [3.05, 3.63) is 52.6 Å². The highest BCUT2D eigenvalue weighted by Crippen LogP contribution is 2.44. The molecule has 1 aliphatic carbocycles. The number of halogens is 1. The Morgan fingerprint density at radius 3 is 2.68 bits per heavy atom. The minimum absolute atomic E-state index is 0.315. The van der Waals surface area contributed by atoms with Crippen molar-refractivity contribution >= 4 is 11.9 Å². The summed E-state index contributed by atoms with van der Waals surface area (Å²) < 4.78 is 5.24. The maximum absolute atomic E-state index is 5.82. The molecule has 2 atom stereocenters. The lowest BCUT2D eigenvalue weighted by Gasteiger charge is -2.32. The zero-order chi connectivity index (χ0) is 16.3. The number of hydrogen-bond acceptors (Lipinski definition) is 1. The van der Waals surface area contributed by atoms with E-state index in [1.54, 1.807) is 0 Å². The van der Waals surface area contributed by atoms with Crippen LogP contribution in [0.15, 0.2) is 35.9 Å². The van der Waals surface area contributed by atoms with Crippen LogP contribution in [0, 0.1) is 12.8 Å². The van der Waals surface area contributed by atoms with Crippen LogP contribution < -0.4 is 4.29 Å². The second-order valence-electron chi connectivity index (χ2n) is 6.68. The summed E-state index contributed by atoms with van der Waals surface area (Å²) >= 11 is 5.82. The summed E-state index contributed by atoms with van der Waals surface area (Å²) in [5.41, 5.74) is 6.47. The minimum atomic E-state index is 0.315. The third-order valence-electron chi connectivity index (χ3n) is 4.74. The van der Waals surface area contributed by atoms with Gasteiger partial charge in [-0.3, -0.25) is 0 Å². The van der Waals surface area contributed by atoms with Crippen molar-refractivity contribution in [3.8, 4) is 5.75 Å². The van der Waals surface area contributed by atoms with E-state index in [1.807, 2.05) is 0 Å². The molecule has 0 spiro atoms. The molecule has 0 amide bonds. The first-order valence-corrected chi connectivity index (χ1v) is 8.53. The summed E-state index contributed by atoms with van der Waals surface area (Å²) in [7, 11) is 0. The normalized spacial score (nSPS) is 21.4. The van der Waals surface area contributed by atoms with Crippen LogP contribution in [0.4, 0.5) is 0 Å². The van der Waals surface area contributed by atoms with Crippen LogP contribution >= 0.6 is 11.9 Å². The van der Waals surface area contributed by atoms with Crippen LogP contribution in [0.1, 0.15) is 62.6 Å². The summed E-state index contributed by atoms with van der Waals surface area (Å²) in [6.07, 6.45) is 6.86. The maximum Gasteiger partial charge on any atom is 0.150 e. The SMILES string of the molecule is C=C(C)[C@@H]1CCC(C)=C[C@H]1c1c(C)cc(CCC)cc1OCl. The van der Waals surface area contributed by atoms with Gasteiger partial charge in [0.1, 0.15) is 11.9 Å². The van der Waals surface area contributed by atoms with Crippen molar-refractivity contribution in [3.63, 3.8) is 0 Å². The molecule has 120 valence electrons. The Hall–Kier alpha value is -1.21. The first-order valence-electron chi connectivity index (χ1n) is 8.22. The van der Waals surface area contributed by atoms with Gasteiger partial charge in [0, 0.05) is 11.5 Å². The average molecular weight is 319 g/mol. The molecule has 0 aromatic heterocycles. The van der Waals surface area contributed by atoms with Gasteiger partial charge in [-0.05, 0) is 63.1 Å². The predicted octanol–water partition coefficient (Wildman–Crippen LogP) is 6.50. The van der Waals surface area contributed by atoms with E-state index in [2.05, 4.69) is 52.5 Å². The quantitative estimate of drug-likeness (QED) is 0.563. The van der Waals surface area contributed by atoms with E-state index in [-0.39, 0.29) is 0 Å². The van der Waals surface area contributed by atoms with Crippen LogP contribution in [0.25, 0.3) is 0 Å². The fourth-order valence-corrected chi connectivity index (χ4v) is 3.80. The topological polar surface area (TPSA) is 9.23 Å². The molecule has 0 fully saturated rings. The summed E-state index contributed by atoms with van der Waals surface area (Å²) in [4.78, 5) is 0. The lowest BCUT2D eigenvalue weighted by atomic mass is 9.73.